The second-order valence-electron chi connectivity index (χ2n) is 7.92. The van der Waals surface area contributed by atoms with Gasteiger partial charge in [-0.25, -0.2) is 12.7 Å². The van der Waals surface area contributed by atoms with E-state index in [2.05, 4.69) is 24.1 Å². The monoisotopic (exact) mass is 373 g/mol. The summed E-state index contributed by atoms with van der Waals surface area (Å²) in [6, 6.07) is 0. The van der Waals surface area contributed by atoms with Gasteiger partial charge < -0.3 is 10.2 Å². The van der Waals surface area contributed by atoms with E-state index in [4.69, 9.17) is 0 Å². The lowest BCUT2D eigenvalue weighted by Gasteiger charge is -2.35. The van der Waals surface area contributed by atoms with E-state index in [0.29, 0.717) is 32.5 Å². The van der Waals surface area contributed by atoms with Crippen LogP contribution in [-0.4, -0.2) is 68.6 Å². The van der Waals surface area contributed by atoms with Crippen LogP contribution in [0, 0.1) is 17.8 Å². The van der Waals surface area contributed by atoms with E-state index >= 15 is 0 Å². The second-order valence-corrected chi connectivity index (χ2v) is 10.2. The number of carbonyl (C=O) groups is 1. The number of hydrogen-bond donors (Lipinski definition) is 1. The van der Waals surface area contributed by atoms with Gasteiger partial charge in [0.1, 0.15) is 0 Å². The molecule has 2 aliphatic rings. The van der Waals surface area contributed by atoms with Crippen molar-refractivity contribution < 1.29 is 13.2 Å². The number of amides is 1. The summed E-state index contributed by atoms with van der Waals surface area (Å²) < 4.78 is 25.2. The minimum absolute atomic E-state index is 0.0432. The molecular formula is C18H35N3O3S. The van der Waals surface area contributed by atoms with Crippen molar-refractivity contribution in [2.24, 2.45) is 17.8 Å². The van der Waals surface area contributed by atoms with Crippen LogP contribution in [-0.2, 0) is 14.8 Å². The molecule has 0 aliphatic carbocycles. The van der Waals surface area contributed by atoms with E-state index in [1.54, 1.807) is 6.92 Å². The molecule has 0 aromatic carbocycles. The number of hydrogen-bond acceptors (Lipinski definition) is 4. The highest BCUT2D eigenvalue weighted by atomic mass is 32.2. The summed E-state index contributed by atoms with van der Waals surface area (Å²) >= 11 is 0. The number of piperidine rings is 2. The number of nitrogens with zero attached hydrogens (tertiary/aromatic N) is 2. The van der Waals surface area contributed by atoms with Crippen molar-refractivity contribution >= 4 is 15.9 Å². The van der Waals surface area contributed by atoms with Gasteiger partial charge in [0.2, 0.25) is 15.9 Å². The van der Waals surface area contributed by atoms with Crippen molar-refractivity contribution in [3.63, 3.8) is 0 Å². The molecule has 0 saturated carbocycles. The average molecular weight is 374 g/mol. The molecule has 2 heterocycles. The summed E-state index contributed by atoms with van der Waals surface area (Å²) in [6.07, 6.45) is 3.56. The van der Waals surface area contributed by atoms with Crippen molar-refractivity contribution in [2.75, 3.05) is 45.0 Å². The molecule has 2 saturated heterocycles. The number of rotatable bonds is 7. The molecule has 0 unspecified atom stereocenters. The quantitative estimate of drug-likeness (QED) is 0.687. The fraction of sp³-hybridized carbons (Fsp3) is 0.944. The third-order valence-electron chi connectivity index (χ3n) is 5.48. The van der Waals surface area contributed by atoms with E-state index in [1.807, 2.05) is 0 Å². The molecule has 0 aromatic rings. The van der Waals surface area contributed by atoms with Gasteiger partial charge in [-0.15, -0.1) is 0 Å². The maximum atomic E-state index is 12.3. The molecule has 0 radical (unpaired) electrons. The Bertz CT molecular complexity index is 520. The molecule has 2 fully saturated rings. The summed E-state index contributed by atoms with van der Waals surface area (Å²) in [5.74, 6) is 1.72. The van der Waals surface area contributed by atoms with Crippen LogP contribution in [0.5, 0.6) is 0 Å². The third-order valence-corrected chi connectivity index (χ3v) is 7.36. The van der Waals surface area contributed by atoms with Crippen molar-refractivity contribution in [1.29, 1.82) is 0 Å². The van der Waals surface area contributed by atoms with Crippen molar-refractivity contribution in [2.45, 2.75) is 46.5 Å². The maximum absolute atomic E-state index is 12.3. The van der Waals surface area contributed by atoms with Crippen LogP contribution in [0.1, 0.15) is 46.5 Å². The molecule has 2 atom stereocenters. The minimum atomic E-state index is -3.12. The van der Waals surface area contributed by atoms with Gasteiger partial charge in [-0.1, -0.05) is 13.8 Å². The van der Waals surface area contributed by atoms with Gasteiger partial charge in [-0.2, -0.15) is 0 Å². The minimum Gasteiger partial charge on any atom is -0.356 e. The molecule has 1 amide bonds. The zero-order chi connectivity index (χ0) is 18.4. The SMILES string of the molecule is CCS(=O)(=O)N1CCC(C(=O)NCCCN2C[C@@H](C)C[C@H](C)C2)CC1. The zero-order valence-corrected chi connectivity index (χ0v) is 16.9. The molecule has 2 rings (SSSR count). The maximum Gasteiger partial charge on any atom is 0.223 e. The smallest absolute Gasteiger partial charge is 0.223 e. The van der Waals surface area contributed by atoms with E-state index in [9.17, 15) is 13.2 Å². The fourth-order valence-corrected chi connectivity index (χ4v) is 5.34. The highest BCUT2D eigenvalue weighted by Gasteiger charge is 2.30. The lowest BCUT2D eigenvalue weighted by atomic mass is 9.92. The molecule has 1 N–H and O–H groups in total. The number of sulfonamides is 1. The second kappa shape index (κ2) is 9.33. The van der Waals surface area contributed by atoms with Crippen LogP contribution < -0.4 is 5.32 Å². The molecule has 6 nitrogen and oxygen atoms in total. The Hall–Kier alpha value is -0.660. The van der Waals surface area contributed by atoms with Gasteiger partial charge in [0.05, 0.1) is 5.75 Å². The Morgan fingerprint density at radius 3 is 2.28 bits per heavy atom. The van der Waals surface area contributed by atoms with Gasteiger partial charge in [0.25, 0.3) is 0 Å². The molecule has 7 heteroatoms. The summed E-state index contributed by atoms with van der Waals surface area (Å²) in [6.45, 7) is 11.3. The largest absolute Gasteiger partial charge is 0.356 e. The number of nitrogens with one attached hydrogen (secondary N) is 1. The Balaban J connectivity index is 1.63. The highest BCUT2D eigenvalue weighted by Crippen LogP contribution is 2.21. The van der Waals surface area contributed by atoms with Crippen LogP contribution in [0.4, 0.5) is 0 Å². The average Bonchev–Trinajstić information content (AvgIpc) is 2.58. The van der Waals surface area contributed by atoms with Crippen molar-refractivity contribution in [1.82, 2.24) is 14.5 Å². The molecule has 25 heavy (non-hydrogen) atoms. The first kappa shape index (κ1) is 20.6. The first-order valence-corrected chi connectivity index (χ1v) is 11.4. The highest BCUT2D eigenvalue weighted by molar-refractivity contribution is 7.89. The standard InChI is InChI=1S/C18H35N3O3S/c1-4-25(23,24)21-10-6-17(7-11-21)18(22)19-8-5-9-20-13-15(2)12-16(3)14-20/h15-17H,4-14H2,1-3H3,(H,19,22)/t15-,16-/m0/s1. The number of carbonyl (C=O) groups excluding carboxylic acids is 1. The lowest BCUT2D eigenvalue weighted by Crippen LogP contribution is -2.44. The number of likely N-dealkylation sites (tertiary alicyclic amines) is 1. The van der Waals surface area contributed by atoms with Gasteiger partial charge in [-0.3, -0.25) is 4.79 Å². The van der Waals surface area contributed by atoms with E-state index in [1.165, 1.54) is 23.8 Å². The molecular weight excluding hydrogens is 338 g/mol. The zero-order valence-electron chi connectivity index (χ0n) is 16.0. The summed E-state index contributed by atoms with van der Waals surface area (Å²) in [4.78, 5) is 14.8. The van der Waals surface area contributed by atoms with Crippen LogP contribution in [0.25, 0.3) is 0 Å². The van der Waals surface area contributed by atoms with Gasteiger partial charge in [0.15, 0.2) is 0 Å². The lowest BCUT2D eigenvalue weighted by molar-refractivity contribution is -0.126. The fourth-order valence-electron chi connectivity index (χ4n) is 4.21. The summed E-state index contributed by atoms with van der Waals surface area (Å²) in [7, 11) is -3.12. The normalized spacial score (nSPS) is 27.3. The van der Waals surface area contributed by atoms with Crippen LogP contribution in [0.2, 0.25) is 0 Å². The molecule has 0 aromatic heterocycles. The molecule has 0 spiro atoms. The van der Waals surface area contributed by atoms with E-state index in [0.717, 1.165) is 24.8 Å². The van der Waals surface area contributed by atoms with Crippen LogP contribution in [0.3, 0.4) is 0 Å². The van der Waals surface area contributed by atoms with Crippen molar-refractivity contribution in [3.8, 4) is 0 Å². The first-order chi connectivity index (χ1) is 11.8. The van der Waals surface area contributed by atoms with Gasteiger partial charge >= 0.3 is 0 Å². The topological polar surface area (TPSA) is 69.7 Å². The molecule has 146 valence electrons. The van der Waals surface area contributed by atoms with Gasteiger partial charge in [-0.05, 0) is 51.0 Å². The van der Waals surface area contributed by atoms with E-state index < -0.39 is 10.0 Å². The molecule has 2 aliphatic heterocycles. The summed E-state index contributed by atoms with van der Waals surface area (Å²) in [5, 5.41) is 3.05. The first-order valence-electron chi connectivity index (χ1n) is 9.79. The van der Waals surface area contributed by atoms with Crippen LogP contribution in [0.15, 0.2) is 0 Å². The predicted molar refractivity (Wildman–Crippen MR) is 101 cm³/mol. The Labute approximate surface area is 153 Å². The van der Waals surface area contributed by atoms with Crippen molar-refractivity contribution in [3.05, 3.63) is 0 Å². The molecule has 0 bridgehead atoms. The third kappa shape index (κ3) is 6.22. The Morgan fingerprint density at radius 2 is 1.72 bits per heavy atom. The Morgan fingerprint density at radius 1 is 1.12 bits per heavy atom. The van der Waals surface area contributed by atoms with E-state index in [-0.39, 0.29) is 17.6 Å². The summed E-state index contributed by atoms with van der Waals surface area (Å²) in [5.41, 5.74) is 0. The predicted octanol–water partition coefficient (Wildman–Crippen LogP) is 1.53. The van der Waals surface area contributed by atoms with Crippen LogP contribution >= 0.6 is 0 Å². The van der Waals surface area contributed by atoms with Gasteiger partial charge in [0, 0.05) is 38.6 Å². The Kier molecular flexibility index (Phi) is 7.70.